The number of hydrogen-bond donors (Lipinski definition) is 1. The molecule has 1 heterocycles. The van der Waals surface area contributed by atoms with Crippen LogP contribution in [0.5, 0.6) is 0 Å². The summed E-state index contributed by atoms with van der Waals surface area (Å²) in [4.78, 5) is 11.0. The normalized spacial score (nSPS) is 24.3. The summed E-state index contributed by atoms with van der Waals surface area (Å²) >= 11 is 0. The van der Waals surface area contributed by atoms with E-state index in [4.69, 9.17) is 0 Å². The number of hydrogen-bond acceptors (Lipinski definition) is 4. The summed E-state index contributed by atoms with van der Waals surface area (Å²) in [5.41, 5.74) is 1.17. The first kappa shape index (κ1) is 13.3. The Morgan fingerprint density at radius 3 is 2.22 bits per heavy atom. The van der Waals surface area contributed by atoms with Crippen LogP contribution in [0.2, 0.25) is 0 Å². The molecule has 1 N–H and O–H groups in total. The Bertz CT molecular complexity index is 369. The molecule has 0 unspecified atom stereocenters. The van der Waals surface area contributed by atoms with Gasteiger partial charge in [-0.2, -0.15) is 0 Å². The van der Waals surface area contributed by atoms with Gasteiger partial charge in [0.25, 0.3) is 0 Å². The van der Waals surface area contributed by atoms with Crippen molar-refractivity contribution in [2.24, 2.45) is 0 Å². The molecule has 0 atom stereocenters. The fourth-order valence-corrected chi connectivity index (χ4v) is 2.42. The Kier molecular flexibility index (Phi) is 4.17. The lowest BCUT2D eigenvalue weighted by Gasteiger charge is -2.33. The average Bonchev–Trinajstić information content (AvgIpc) is 2.39. The first-order valence-electron chi connectivity index (χ1n) is 6.80. The fourth-order valence-electron chi connectivity index (χ4n) is 2.42. The third-order valence-corrected chi connectivity index (χ3v) is 3.85. The summed E-state index contributed by atoms with van der Waals surface area (Å²) in [6, 6.07) is 0.457. The topological polar surface area (TPSA) is 49.2 Å². The molecule has 0 saturated heterocycles. The van der Waals surface area contributed by atoms with Crippen LogP contribution in [0.1, 0.15) is 51.0 Å². The summed E-state index contributed by atoms with van der Waals surface area (Å²) in [5.74, 6) is 1.26. The van der Waals surface area contributed by atoms with Crippen LogP contribution in [0.15, 0.2) is 12.4 Å². The lowest BCUT2D eigenvalue weighted by molar-refractivity contribution is 0.122. The molecule has 1 aromatic rings. The molecule has 0 radical (unpaired) electrons. The molecule has 1 aromatic heterocycles. The molecular formula is C14H23N3O. The number of aliphatic hydroxyl groups is 1. The van der Waals surface area contributed by atoms with Gasteiger partial charge in [-0.25, -0.2) is 9.97 Å². The van der Waals surface area contributed by atoms with E-state index in [9.17, 15) is 5.11 Å². The van der Waals surface area contributed by atoms with Crippen molar-refractivity contribution in [3.63, 3.8) is 0 Å². The van der Waals surface area contributed by atoms with E-state index in [-0.39, 0.29) is 6.10 Å². The molecular weight excluding hydrogens is 226 g/mol. The minimum Gasteiger partial charge on any atom is -0.393 e. The average molecular weight is 249 g/mol. The van der Waals surface area contributed by atoms with Crippen LogP contribution >= 0.6 is 0 Å². The second kappa shape index (κ2) is 5.65. The van der Waals surface area contributed by atoms with Crippen LogP contribution in [0.3, 0.4) is 0 Å². The van der Waals surface area contributed by atoms with Crippen molar-refractivity contribution in [1.82, 2.24) is 9.97 Å². The third-order valence-electron chi connectivity index (χ3n) is 3.85. The van der Waals surface area contributed by atoms with Crippen molar-refractivity contribution in [3.8, 4) is 0 Å². The molecule has 2 rings (SSSR count). The molecule has 0 bridgehead atoms. The van der Waals surface area contributed by atoms with Gasteiger partial charge < -0.3 is 10.0 Å². The van der Waals surface area contributed by atoms with Crippen LogP contribution < -0.4 is 4.90 Å². The van der Waals surface area contributed by atoms with Gasteiger partial charge in [-0.15, -0.1) is 0 Å². The van der Waals surface area contributed by atoms with Gasteiger partial charge >= 0.3 is 0 Å². The first-order chi connectivity index (χ1) is 8.58. The van der Waals surface area contributed by atoms with Crippen LogP contribution in [0.4, 0.5) is 5.95 Å². The number of anilines is 1. The summed E-state index contributed by atoms with van der Waals surface area (Å²) < 4.78 is 0. The summed E-state index contributed by atoms with van der Waals surface area (Å²) in [7, 11) is 2.05. The zero-order chi connectivity index (χ0) is 13.1. The predicted octanol–water partition coefficient (Wildman–Crippen LogP) is 2.34. The Labute approximate surface area is 109 Å². The smallest absolute Gasteiger partial charge is 0.225 e. The molecule has 4 nitrogen and oxygen atoms in total. The van der Waals surface area contributed by atoms with Gasteiger partial charge in [-0.05, 0) is 37.2 Å². The van der Waals surface area contributed by atoms with E-state index in [2.05, 4.69) is 28.7 Å². The molecule has 0 aromatic carbocycles. The molecule has 18 heavy (non-hydrogen) atoms. The van der Waals surface area contributed by atoms with Crippen LogP contribution in [0.25, 0.3) is 0 Å². The fraction of sp³-hybridized carbons (Fsp3) is 0.714. The third kappa shape index (κ3) is 2.99. The van der Waals surface area contributed by atoms with Crippen molar-refractivity contribution in [2.75, 3.05) is 11.9 Å². The predicted molar refractivity (Wildman–Crippen MR) is 72.8 cm³/mol. The van der Waals surface area contributed by atoms with E-state index in [0.29, 0.717) is 12.0 Å². The summed E-state index contributed by atoms with van der Waals surface area (Å²) in [5, 5.41) is 9.53. The minimum atomic E-state index is -0.112. The van der Waals surface area contributed by atoms with Gasteiger partial charge in [0.1, 0.15) is 0 Å². The van der Waals surface area contributed by atoms with E-state index in [1.807, 2.05) is 19.4 Å². The zero-order valence-corrected chi connectivity index (χ0v) is 11.5. The Hall–Kier alpha value is -1.16. The first-order valence-corrected chi connectivity index (χ1v) is 6.80. The Morgan fingerprint density at radius 1 is 1.17 bits per heavy atom. The van der Waals surface area contributed by atoms with E-state index < -0.39 is 0 Å². The quantitative estimate of drug-likeness (QED) is 0.893. The molecule has 4 heteroatoms. The van der Waals surface area contributed by atoms with E-state index in [0.717, 1.165) is 31.6 Å². The van der Waals surface area contributed by atoms with Gasteiger partial charge in [-0.1, -0.05) is 13.8 Å². The molecule has 0 spiro atoms. The van der Waals surface area contributed by atoms with Crippen molar-refractivity contribution in [3.05, 3.63) is 18.0 Å². The molecule has 1 aliphatic carbocycles. The summed E-state index contributed by atoms with van der Waals surface area (Å²) in [6.07, 6.45) is 7.54. The number of rotatable bonds is 3. The maximum absolute atomic E-state index is 9.53. The van der Waals surface area contributed by atoms with Gasteiger partial charge in [-0.3, -0.25) is 0 Å². The van der Waals surface area contributed by atoms with Gasteiger partial charge in [0, 0.05) is 25.5 Å². The van der Waals surface area contributed by atoms with Crippen molar-refractivity contribution in [1.29, 1.82) is 0 Å². The Morgan fingerprint density at radius 2 is 1.72 bits per heavy atom. The maximum atomic E-state index is 9.53. The Balaban J connectivity index is 2.02. The lowest BCUT2D eigenvalue weighted by Crippen LogP contribution is -2.37. The molecule has 0 aliphatic heterocycles. The van der Waals surface area contributed by atoms with Gasteiger partial charge in [0.2, 0.25) is 5.95 Å². The second-order valence-corrected chi connectivity index (χ2v) is 5.54. The van der Waals surface area contributed by atoms with Crippen LogP contribution in [0, 0.1) is 0 Å². The van der Waals surface area contributed by atoms with E-state index >= 15 is 0 Å². The van der Waals surface area contributed by atoms with Crippen molar-refractivity contribution in [2.45, 2.75) is 57.6 Å². The lowest BCUT2D eigenvalue weighted by atomic mass is 9.92. The highest BCUT2D eigenvalue weighted by atomic mass is 16.3. The highest BCUT2D eigenvalue weighted by Crippen LogP contribution is 2.24. The minimum absolute atomic E-state index is 0.112. The monoisotopic (exact) mass is 249 g/mol. The number of aliphatic hydroxyl groups excluding tert-OH is 1. The van der Waals surface area contributed by atoms with E-state index in [1.54, 1.807) is 0 Å². The van der Waals surface area contributed by atoms with Gasteiger partial charge in [0.05, 0.1) is 6.10 Å². The van der Waals surface area contributed by atoms with Crippen molar-refractivity contribution < 1.29 is 5.11 Å². The van der Waals surface area contributed by atoms with E-state index in [1.165, 1.54) is 5.56 Å². The van der Waals surface area contributed by atoms with Crippen LogP contribution in [-0.2, 0) is 0 Å². The number of aromatic nitrogens is 2. The highest BCUT2D eigenvalue weighted by molar-refractivity contribution is 5.31. The highest BCUT2D eigenvalue weighted by Gasteiger charge is 2.24. The molecule has 0 amide bonds. The van der Waals surface area contributed by atoms with Crippen molar-refractivity contribution >= 4 is 5.95 Å². The zero-order valence-electron chi connectivity index (χ0n) is 11.5. The number of nitrogens with zero attached hydrogens (tertiary/aromatic N) is 3. The SMILES string of the molecule is CC(C)c1cnc(N(C)C2CCC(O)CC2)nc1. The standard InChI is InChI=1S/C14H23N3O/c1-10(2)11-8-15-14(16-9-11)17(3)12-4-6-13(18)7-5-12/h8-10,12-13,18H,4-7H2,1-3H3. The van der Waals surface area contributed by atoms with Crippen LogP contribution in [-0.4, -0.2) is 34.3 Å². The summed E-state index contributed by atoms with van der Waals surface area (Å²) in [6.45, 7) is 4.29. The largest absolute Gasteiger partial charge is 0.393 e. The molecule has 1 fully saturated rings. The molecule has 100 valence electrons. The molecule has 1 aliphatic rings. The maximum Gasteiger partial charge on any atom is 0.225 e. The van der Waals surface area contributed by atoms with Gasteiger partial charge in [0.15, 0.2) is 0 Å². The molecule has 1 saturated carbocycles. The second-order valence-electron chi connectivity index (χ2n) is 5.54.